The standard InChI is InChI=1S/C8H16NO9P/c1-3(10)9-5-7(12)6(11)4(18-8(5)13)2-17-19(14,15)16/h4-13H,1-2H2,(H2,14,15,16)/t4-,5-,6-,7-,8+/m1/s1. The number of hydrogen-bond acceptors (Lipinski definition) is 8. The highest BCUT2D eigenvalue weighted by Crippen LogP contribution is 2.36. The van der Waals surface area contributed by atoms with Gasteiger partial charge in [0.25, 0.3) is 0 Å². The van der Waals surface area contributed by atoms with Crippen LogP contribution in [-0.2, 0) is 13.8 Å². The monoisotopic (exact) mass is 301 g/mol. The molecule has 1 rings (SSSR count). The molecule has 10 nitrogen and oxygen atoms in total. The summed E-state index contributed by atoms with van der Waals surface area (Å²) in [6.45, 7) is 2.36. The highest BCUT2D eigenvalue weighted by atomic mass is 31.2. The van der Waals surface area contributed by atoms with E-state index in [1.165, 1.54) is 0 Å². The first-order valence-electron chi connectivity index (χ1n) is 5.16. The average Bonchev–Trinajstić information content (AvgIpc) is 2.26. The van der Waals surface area contributed by atoms with E-state index in [0.29, 0.717) is 0 Å². The van der Waals surface area contributed by atoms with Gasteiger partial charge in [-0.1, -0.05) is 0 Å². The molecule has 0 amide bonds. The maximum atomic E-state index is 10.5. The highest BCUT2D eigenvalue weighted by molar-refractivity contribution is 7.46. The molecule has 11 heteroatoms. The molecule has 0 saturated carbocycles. The minimum atomic E-state index is -4.76. The van der Waals surface area contributed by atoms with Crippen LogP contribution < -0.4 is 5.32 Å². The Hall–Kier alpha value is -0.710. The number of rotatable bonds is 5. The Balaban J connectivity index is 2.66. The number of phosphoric ester groups is 1. The van der Waals surface area contributed by atoms with Crippen molar-refractivity contribution in [2.24, 2.45) is 0 Å². The van der Waals surface area contributed by atoms with Crippen molar-refractivity contribution in [2.75, 3.05) is 6.61 Å². The second-order valence-corrected chi connectivity index (χ2v) is 5.19. The van der Waals surface area contributed by atoms with Crippen molar-refractivity contribution in [3.05, 3.63) is 12.5 Å². The average molecular weight is 301 g/mol. The second kappa shape index (κ2) is 6.16. The first kappa shape index (κ1) is 16.3. The predicted molar refractivity (Wildman–Crippen MR) is 59.6 cm³/mol. The van der Waals surface area contributed by atoms with Crippen LogP contribution >= 0.6 is 7.82 Å². The van der Waals surface area contributed by atoms with Gasteiger partial charge in [-0.05, 0) is 6.58 Å². The smallest absolute Gasteiger partial charge is 0.469 e. The fraction of sp³-hybridized carbons (Fsp3) is 0.750. The molecule has 0 spiro atoms. The molecule has 1 aliphatic rings. The Morgan fingerprint density at radius 1 is 1.32 bits per heavy atom. The second-order valence-electron chi connectivity index (χ2n) is 3.95. The van der Waals surface area contributed by atoms with Gasteiger partial charge in [-0.2, -0.15) is 0 Å². The molecule has 0 unspecified atom stereocenters. The maximum Gasteiger partial charge on any atom is 0.469 e. The molecule has 7 N–H and O–H groups in total. The van der Waals surface area contributed by atoms with E-state index in [1.807, 2.05) is 0 Å². The summed E-state index contributed by atoms with van der Waals surface area (Å²) >= 11 is 0. The molecular weight excluding hydrogens is 285 g/mol. The van der Waals surface area contributed by atoms with Crippen molar-refractivity contribution in [3.63, 3.8) is 0 Å². The van der Waals surface area contributed by atoms with E-state index >= 15 is 0 Å². The van der Waals surface area contributed by atoms with E-state index in [2.05, 4.69) is 16.4 Å². The van der Waals surface area contributed by atoms with Crippen LogP contribution in [0.1, 0.15) is 0 Å². The lowest BCUT2D eigenvalue weighted by atomic mass is 9.97. The van der Waals surface area contributed by atoms with Gasteiger partial charge in [0.2, 0.25) is 0 Å². The molecule has 1 heterocycles. The van der Waals surface area contributed by atoms with Crippen LogP contribution in [0.3, 0.4) is 0 Å². The van der Waals surface area contributed by atoms with Crippen molar-refractivity contribution in [1.29, 1.82) is 0 Å². The largest absolute Gasteiger partial charge is 0.495 e. The van der Waals surface area contributed by atoms with Crippen LogP contribution in [0.4, 0.5) is 0 Å². The normalized spacial score (nSPS) is 35.9. The summed E-state index contributed by atoms with van der Waals surface area (Å²) in [6.07, 6.45) is -6.15. The Bertz CT molecular complexity index is 371. The summed E-state index contributed by atoms with van der Waals surface area (Å²) in [4.78, 5) is 17.0. The lowest BCUT2D eigenvalue weighted by Crippen LogP contribution is -2.63. The van der Waals surface area contributed by atoms with E-state index in [4.69, 9.17) is 19.6 Å². The quantitative estimate of drug-likeness (QED) is 0.213. The van der Waals surface area contributed by atoms with Gasteiger partial charge >= 0.3 is 7.82 Å². The zero-order valence-corrected chi connectivity index (χ0v) is 10.6. The molecule has 0 bridgehead atoms. The maximum absolute atomic E-state index is 10.5. The molecule has 112 valence electrons. The Labute approximate surface area is 108 Å². The number of ether oxygens (including phenoxy) is 1. The van der Waals surface area contributed by atoms with Gasteiger partial charge in [0, 0.05) is 0 Å². The summed E-state index contributed by atoms with van der Waals surface area (Å²) < 4.78 is 19.5. The Kier molecular flexibility index (Phi) is 5.30. The SMILES string of the molecule is C=C(O)N[C@@H]1[C@@H](O)[C@H](O)[C@@H](COP(=O)(O)O)O[C@@H]1O. The van der Waals surface area contributed by atoms with Crippen LogP contribution in [0.15, 0.2) is 12.5 Å². The zero-order valence-electron chi connectivity index (χ0n) is 9.66. The van der Waals surface area contributed by atoms with Crippen LogP contribution in [0.2, 0.25) is 0 Å². The lowest BCUT2D eigenvalue weighted by molar-refractivity contribution is -0.253. The summed E-state index contributed by atoms with van der Waals surface area (Å²) in [5.74, 6) is -0.552. The van der Waals surface area contributed by atoms with Gasteiger partial charge < -0.3 is 40.3 Å². The minimum absolute atomic E-state index is 0.552. The molecule has 1 saturated heterocycles. The van der Waals surface area contributed by atoms with Crippen molar-refractivity contribution in [1.82, 2.24) is 5.32 Å². The number of hydrogen-bond donors (Lipinski definition) is 7. The number of phosphoric acid groups is 1. The zero-order chi connectivity index (χ0) is 14.8. The van der Waals surface area contributed by atoms with E-state index in [1.54, 1.807) is 0 Å². The molecule has 0 aromatic heterocycles. The Morgan fingerprint density at radius 3 is 2.37 bits per heavy atom. The first-order valence-corrected chi connectivity index (χ1v) is 6.69. The van der Waals surface area contributed by atoms with Crippen LogP contribution in [0.25, 0.3) is 0 Å². The van der Waals surface area contributed by atoms with Gasteiger partial charge in [0.15, 0.2) is 12.2 Å². The number of aliphatic hydroxyl groups is 4. The topological polar surface area (TPSA) is 169 Å². The molecule has 5 atom stereocenters. The molecule has 0 radical (unpaired) electrons. The van der Waals surface area contributed by atoms with E-state index < -0.39 is 51.0 Å². The van der Waals surface area contributed by atoms with Crippen LogP contribution in [-0.4, -0.2) is 67.5 Å². The third-order valence-electron chi connectivity index (χ3n) is 2.46. The van der Waals surface area contributed by atoms with E-state index in [-0.39, 0.29) is 0 Å². The minimum Gasteiger partial charge on any atom is -0.495 e. The molecule has 0 aromatic rings. The molecular formula is C8H16NO9P. The number of nitrogens with one attached hydrogen (secondary N) is 1. The number of aliphatic hydroxyl groups excluding tert-OH is 4. The molecule has 0 aromatic carbocycles. The van der Waals surface area contributed by atoms with Crippen molar-refractivity contribution in [3.8, 4) is 0 Å². The summed E-state index contributed by atoms with van der Waals surface area (Å²) in [5.41, 5.74) is 0. The first-order chi connectivity index (χ1) is 8.61. The van der Waals surface area contributed by atoms with Gasteiger partial charge in [-0.3, -0.25) is 4.52 Å². The van der Waals surface area contributed by atoms with Crippen LogP contribution in [0, 0.1) is 0 Å². The van der Waals surface area contributed by atoms with Gasteiger partial charge in [-0.15, -0.1) is 0 Å². The van der Waals surface area contributed by atoms with Crippen molar-refractivity contribution in [2.45, 2.75) is 30.6 Å². The van der Waals surface area contributed by atoms with Gasteiger partial charge in [0.1, 0.15) is 24.4 Å². The van der Waals surface area contributed by atoms with Crippen molar-refractivity contribution < 1.29 is 44.0 Å². The Morgan fingerprint density at radius 2 is 1.89 bits per heavy atom. The molecule has 1 fully saturated rings. The van der Waals surface area contributed by atoms with Crippen molar-refractivity contribution >= 4 is 7.82 Å². The van der Waals surface area contributed by atoms with Crippen LogP contribution in [0.5, 0.6) is 0 Å². The third-order valence-corrected chi connectivity index (χ3v) is 2.95. The van der Waals surface area contributed by atoms with E-state index in [9.17, 15) is 19.9 Å². The van der Waals surface area contributed by atoms with Gasteiger partial charge in [0.05, 0.1) is 6.61 Å². The third kappa shape index (κ3) is 4.71. The summed E-state index contributed by atoms with van der Waals surface area (Å²) in [7, 11) is -4.76. The molecule has 19 heavy (non-hydrogen) atoms. The lowest BCUT2D eigenvalue weighted by Gasteiger charge is -2.40. The highest BCUT2D eigenvalue weighted by Gasteiger charge is 2.44. The summed E-state index contributed by atoms with van der Waals surface area (Å²) in [5, 5.41) is 40.0. The predicted octanol–water partition coefficient (Wildman–Crippen LogP) is -2.48. The van der Waals surface area contributed by atoms with E-state index in [0.717, 1.165) is 0 Å². The fourth-order valence-corrected chi connectivity index (χ4v) is 1.94. The molecule has 1 aliphatic heterocycles. The molecule has 0 aliphatic carbocycles. The van der Waals surface area contributed by atoms with Gasteiger partial charge in [-0.25, -0.2) is 4.57 Å². The fourth-order valence-electron chi connectivity index (χ4n) is 1.60. The summed E-state index contributed by atoms with van der Waals surface area (Å²) in [6, 6.07) is -1.25.